The standard InChI is InChI=1S/C18H27N5O2.HI/c1-3-10-20-16(24)9-11-21-18(19-2)22-14-12-17(25)23(13-14)15-7-5-4-6-8-15;/h4-8,14H,3,9-13H2,1-2H3,(H,20,24)(H2,19,21,22);1H. The molecule has 1 aromatic rings. The number of benzene rings is 1. The monoisotopic (exact) mass is 473 g/mol. The number of carbonyl (C=O) groups excluding carboxylic acids is 2. The van der Waals surface area contributed by atoms with Crippen LogP contribution in [0.2, 0.25) is 0 Å². The van der Waals surface area contributed by atoms with Crippen molar-refractivity contribution >= 4 is 47.4 Å². The summed E-state index contributed by atoms with van der Waals surface area (Å²) < 4.78 is 0. The van der Waals surface area contributed by atoms with E-state index in [1.165, 1.54) is 0 Å². The predicted molar refractivity (Wildman–Crippen MR) is 115 cm³/mol. The van der Waals surface area contributed by atoms with Gasteiger partial charge in [0.1, 0.15) is 0 Å². The van der Waals surface area contributed by atoms with E-state index in [0.29, 0.717) is 38.4 Å². The predicted octanol–water partition coefficient (Wildman–Crippen LogP) is 1.49. The van der Waals surface area contributed by atoms with E-state index < -0.39 is 0 Å². The third-order valence-electron chi connectivity index (χ3n) is 3.97. The van der Waals surface area contributed by atoms with Gasteiger partial charge in [0.25, 0.3) is 0 Å². The Bertz CT molecular complexity index is 609. The Balaban J connectivity index is 0.00000338. The van der Waals surface area contributed by atoms with Crippen molar-refractivity contribution < 1.29 is 9.59 Å². The Morgan fingerprint density at radius 1 is 1.23 bits per heavy atom. The number of rotatable bonds is 7. The third kappa shape index (κ3) is 6.81. The zero-order valence-electron chi connectivity index (χ0n) is 15.3. The Morgan fingerprint density at radius 2 is 1.96 bits per heavy atom. The number of hydrogen-bond donors (Lipinski definition) is 3. The van der Waals surface area contributed by atoms with Gasteiger partial charge in [-0.3, -0.25) is 14.6 Å². The minimum absolute atomic E-state index is 0. The van der Waals surface area contributed by atoms with Crippen molar-refractivity contribution in [2.75, 3.05) is 31.6 Å². The quantitative estimate of drug-likeness (QED) is 0.318. The van der Waals surface area contributed by atoms with Crippen molar-refractivity contribution in [2.45, 2.75) is 32.2 Å². The van der Waals surface area contributed by atoms with Crippen LogP contribution in [-0.4, -0.2) is 50.5 Å². The van der Waals surface area contributed by atoms with Gasteiger partial charge in [0.05, 0.1) is 6.04 Å². The van der Waals surface area contributed by atoms with Crippen molar-refractivity contribution in [1.82, 2.24) is 16.0 Å². The van der Waals surface area contributed by atoms with Gasteiger partial charge in [-0.2, -0.15) is 0 Å². The molecule has 1 aromatic carbocycles. The topological polar surface area (TPSA) is 85.8 Å². The van der Waals surface area contributed by atoms with Gasteiger partial charge in [0, 0.05) is 45.2 Å². The summed E-state index contributed by atoms with van der Waals surface area (Å²) in [6, 6.07) is 9.64. The number of halogens is 1. The van der Waals surface area contributed by atoms with Crippen LogP contribution in [0.1, 0.15) is 26.2 Å². The molecule has 26 heavy (non-hydrogen) atoms. The van der Waals surface area contributed by atoms with Crippen LogP contribution in [0.3, 0.4) is 0 Å². The maximum Gasteiger partial charge on any atom is 0.229 e. The highest BCUT2D eigenvalue weighted by molar-refractivity contribution is 14.0. The summed E-state index contributed by atoms with van der Waals surface area (Å²) in [5.74, 6) is 0.727. The molecule has 0 radical (unpaired) electrons. The van der Waals surface area contributed by atoms with E-state index in [2.05, 4.69) is 20.9 Å². The molecule has 0 aromatic heterocycles. The van der Waals surface area contributed by atoms with Crippen molar-refractivity contribution in [3.05, 3.63) is 30.3 Å². The fourth-order valence-corrected chi connectivity index (χ4v) is 2.70. The first kappa shape index (κ1) is 22.2. The van der Waals surface area contributed by atoms with Crippen LogP contribution in [0, 0.1) is 0 Å². The lowest BCUT2D eigenvalue weighted by molar-refractivity contribution is -0.121. The summed E-state index contributed by atoms with van der Waals surface area (Å²) in [4.78, 5) is 29.8. The molecule has 2 rings (SSSR count). The second kappa shape index (κ2) is 11.7. The number of anilines is 1. The molecule has 1 aliphatic rings. The number of carbonyl (C=O) groups is 2. The highest BCUT2D eigenvalue weighted by Crippen LogP contribution is 2.20. The van der Waals surface area contributed by atoms with Crippen molar-refractivity contribution in [3.8, 4) is 0 Å². The van der Waals surface area contributed by atoms with Gasteiger partial charge in [0.15, 0.2) is 5.96 Å². The van der Waals surface area contributed by atoms with Crippen LogP contribution in [0.25, 0.3) is 0 Å². The van der Waals surface area contributed by atoms with Crippen LogP contribution >= 0.6 is 24.0 Å². The summed E-state index contributed by atoms with van der Waals surface area (Å²) in [6.07, 6.45) is 1.74. The molecular weight excluding hydrogens is 445 g/mol. The second-order valence-electron chi connectivity index (χ2n) is 5.98. The number of nitrogens with zero attached hydrogens (tertiary/aromatic N) is 2. The van der Waals surface area contributed by atoms with Gasteiger partial charge in [0.2, 0.25) is 11.8 Å². The Kier molecular flexibility index (Phi) is 10.0. The molecule has 0 bridgehead atoms. The summed E-state index contributed by atoms with van der Waals surface area (Å²) in [7, 11) is 1.68. The SMILES string of the molecule is CCCNC(=O)CCNC(=NC)NC1CC(=O)N(c2ccccc2)C1.I. The molecule has 1 unspecified atom stereocenters. The molecule has 1 fully saturated rings. The molecular formula is C18H28IN5O2. The minimum Gasteiger partial charge on any atom is -0.356 e. The van der Waals surface area contributed by atoms with E-state index in [0.717, 1.165) is 12.1 Å². The fraction of sp³-hybridized carbons (Fsp3) is 0.500. The second-order valence-corrected chi connectivity index (χ2v) is 5.98. The van der Waals surface area contributed by atoms with Gasteiger partial charge in [-0.1, -0.05) is 25.1 Å². The molecule has 0 saturated carbocycles. The first-order valence-corrected chi connectivity index (χ1v) is 8.73. The Hall–Kier alpha value is -1.84. The van der Waals surface area contributed by atoms with Gasteiger partial charge in [-0.15, -0.1) is 24.0 Å². The lowest BCUT2D eigenvalue weighted by Crippen LogP contribution is -2.45. The lowest BCUT2D eigenvalue weighted by Gasteiger charge is -2.19. The summed E-state index contributed by atoms with van der Waals surface area (Å²) in [6.45, 7) is 3.82. The third-order valence-corrected chi connectivity index (χ3v) is 3.97. The molecule has 1 heterocycles. The van der Waals surface area contributed by atoms with Crippen LogP contribution < -0.4 is 20.9 Å². The summed E-state index contributed by atoms with van der Waals surface area (Å²) in [5, 5.41) is 9.22. The molecule has 8 heteroatoms. The largest absolute Gasteiger partial charge is 0.356 e. The average molecular weight is 473 g/mol. The molecule has 144 valence electrons. The average Bonchev–Trinajstić information content (AvgIpc) is 3.00. The lowest BCUT2D eigenvalue weighted by atomic mass is 10.2. The van der Waals surface area contributed by atoms with Gasteiger partial charge in [-0.25, -0.2) is 0 Å². The number of amides is 2. The van der Waals surface area contributed by atoms with E-state index >= 15 is 0 Å². The Labute approximate surface area is 172 Å². The van der Waals surface area contributed by atoms with E-state index in [1.54, 1.807) is 11.9 Å². The Morgan fingerprint density at radius 3 is 2.62 bits per heavy atom. The van der Waals surface area contributed by atoms with Crippen molar-refractivity contribution in [2.24, 2.45) is 4.99 Å². The van der Waals surface area contributed by atoms with Crippen LogP contribution in [0.15, 0.2) is 35.3 Å². The first-order chi connectivity index (χ1) is 12.1. The summed E-state index contributed by atoms with van der Waals surface area (Å²) >= 11 is 0. The molecule has 0 spiro atoms. The molecule has 1 atom stereocenters. The van der Waals surface area contributed by atoms with E-state index in [4.69, 9.17) is 0 Å². The summed E-state index contributed by atoms with van der Waals surface area (Å²) in [5.41, 5.74) is 0.910. The van der Waals surface area contributed by atoms with Gasteiger partial charge in [-0.05, 0) is 18.6 Å². The van der Waals surface area contributed by atoms with Crippen LogP contribution in [0.5, 0.6) is 0 Å². The number of para-hydroxylation sites is 1. The molecule has 7 nitrogen and oxygen atoms in total. The van der Waals surface area contributed by atoms with Gasteiger partial charge < -0.3 is 20.9 Å². The molecule has 3 N–H and O–H groups in total. The minimum atomic E-state index is -0.00664. The number of guanidine groups is 1. The highest BCUT2D eigenvalue weighted by Gasteiger charge is 2.30. The number of nitrogens with one attached hydrogen (secondary N) is 3. The van der Waals surface area contributed by atoms with E-state index in [-0.39, 0.29) is 41.8 Å². The van der Waals surface area contributed by atoms with Crippen molar-refractivity contribution in [1.29, 1.82) is 0 Å². The van der Waals surface area contributed by atoms with Crippen LogP contribution in [-0.2, 0) is 9.59 Å². The number of aliphatic imine (C=N–C) groups is 1. The zero-order valence-corrected chi connectivity index (χ0v) is 17.7. The smallest absolute Gasteiger partial charge is 0.229 e. The normalized spacial score (nSPS) is 16.8. The van der Waals surface area contributed by atoms with Crippen LogP contribution in [0.4, 0.5) is 5.69 Å². The molecule has 1 aliphatic heterocycles. The molecule has 2 amide bonds. The number of hydrogen-bond acceptors (Lipinski definition) is 3. The zero-order chi connectivity index (χ0) is 18.1. The maximum atomic E-state index is 12.2. The molecule has 1 saturated heterocycles. The van der Waals surface area contributed by atoms with E-state index in [1.807, 2.05) is 37.3 Å². The first-order valence-electron chi connectivity index (χ1n) is 8.73. The van der Waals surface area contributed by atoms with E-state index in [9.17, 15) is 9.59 Å². The van der Waals surface area contributed by atoms with Crippen molar-refractivity contribution in [3.63, 3.8) is 0 Å². The molecule has 0 aliphatic carbocycles. The highest BCUT2D eigenvalue weighted by atomic mass is 127. The van der Waals surface area contributed by atoms with Gasteiger partial charge >= 0.3 is 0 Å². The maximum absolute atomic E-state index is 12.2. The fourth-order valence-electron chi connectivity index (χ4n) is 2.70.